The van der Waals surface area contributed by atoms with Crippen molar-refractivity contribution in [2.45, 2.75) is 25.9 Å². The SMILES string of the molecule is COC(=O)C(CCC1CO1)C(C)=O. The second kappa shape index (κ2) is 4.37. The molecular formula is C9H14O4. The number of ether oxygens (including phenoxy) is 2. The van der Waals surface area contributed by atoms with Gasteiger partial charge in [-0.1, -0.05) is 0 Å². The highest BCUT2D eigenvalue weighted by Gasteiger charge is 2.29. The third-order valence-electron chi connectivity index (χ3n) is 2.16. The van der Waals surface area contributed by atoms with Gasteiger partial charge in [-0.2, -0.15) is 0 Å². The quantitative estimate of drug-likeness (QED) is 0.357. The Labute approximate surface area is 77.2 Å². The van der Waals surface area contributed by atoms with E-state index in [-0.39, 0.29) is 11.9 Å². The molecule has 1 aliphatic rings. The van der Waals surface area contributed by atoms with Gasteiger partial charge in [-0.15, -0.1) is 0 Å². The van der Waals surface area contributed by atoms with Crippen LogP contribution < -0.4 is 0 Å². The van der Waals surface area contributed by atoms with Crippen LogP contribution in [0.2, 0.25) is 0 Å². The molecule has 1 rings (SSSR count). The van der Waals surface area contributed by atoms with Gasteiger partial charge in [0.15, 0.2) is 0 Å². The first-order valence-electron chi connectivity index (χ1n) is 4.35. The third-order valence-corrected chi connectivity index (χ3v) is 2.16. The van der Waals surface area contributed by atoms with Crippen LogP contribution in [0.5, 0.6) is 0 Å². The fraction of sp³-hybridized carbons (Fsp3) is 0.778. The number of carbonyl (C=O) groups excluding carboxylic acids is 2. The molecule has 0 amide bonds. The van der Waals surface area contributed by atoms with E-state index in [9.17, 15) is 9.59 Å². The van der Waals surface area contributed by atoms with Gasteiger partial charge in [-0.25, -0.2) is 0 Å². The summed E-state index contributed by atoms with van der Waals surface area (Å²) in [7, 11) is 1.30. The standard InChI is InChI=1S/C9H14O4/c1-6(10)8(9(11)12-2)4-3-7-5-13-7/h7-8H,3-5H2,1-2H3. The lowest BCUT2D eigenvalue weighted by molar-refractivity contribution is -0.149. The molecule has 0 aromatic carbocycles. The number of rotatable bonds is 5. The molecule has 4 heteroatoms. The summed E-state index contributed by atoms with van der Waals surface area (Å²) in [6, 6.07) is 0. The van der Waals surface area contributed by atoms with Gasteiger partial charge in [0, 0.05) is 0 Å². The average Bonchev–Trinajstić information content (AvgIpc) is 2.87. The summed E-state index contributed by atoms with van der Waals surface area (Å²) in [5.41, 5.74) is 0. The van der Waals surface area contributed by atoms with E-state index in [2.05, 4.69) is 4.74 Å². The Morgan fingerprint density at radius 2 is 2.23 bits per heavy atom. The summed E-state index contributed by atoms with van der Waals surface area (Å²) < 4.78 is 9.51. The van der Waals surface area contributed by atoms with Crippen molar-refractivity contribution in [3.63, 3.8) is 0 Å². The number of carbonyl (C=O) groups is 2. The van der Waals surface area contributed by atoms with Gasteiger partial charge >= 0.3 is 5.97 Å². The minimum Gasteiger partial charge on any atom is -0.468 e. The lowest BCUT2D eigenvalue weighted by atomic mass is 9.98. The van der Waals surface area contributed by atoms with E-state index in [1.54, 1.807) is 0 Å². The van der Waals surface area contributed by atoms with Crippen LogP contribution in [-0.4, -0.2) is 31.6 Å². The second-order valence-electron chi connectivity index (χ2n) is 3.22. The predicted octanol–water partition coefficient (Wildman–Crippen LogP) is 0.544. The number of hydrogen-bond acceptors (Lipinski definition) is 4. The minimum absolute atomic E-state index is 0.132. The highest BCUT2D eigenvalue weighted by atomic mass is 16.6. The number of epoxide rings is 1. The lowest BCUT2D eigenvalue weighted by Crippen LogP contribution is -2.23. The average molecular weight is 186 g/mol. The normalized spacial score (nSPS) is 22.2. The Morgan fingerprint density at radius 1 is 1.62 bits per heavy atom. The van der Waals surface area contributed by atoms with Crippen LogP contribution in [0.3, 0.4) is 0 Å². The molecule has 0 radical (unpaired) electrons. The van der Waals surface area contributed by atoms with Crippen LogP contribution in [0.15, 0.2) is 0 Å². The van der Waals surface area contributed by atoms with Crippen molar-refractivity contribution in [1.29, 1.82) is 0 Å². The lowest BCUT2D eigenvalue weighted by Gasteiger charge is -2.09. The molecular weight excluding hydrogens is 172 g/mol. The van der Waals surface area contributed by atoms with Crippen molar-refractivity contribution in [2.75, 3.05) is 13.7 Å². The molecule has 2 unspecified atom stereocenters. The first-order chi connectivity index (χ1) is 6.15. The first kappa shape index (κ1) is 10.2. The van der Waals surface area contributed by atoms with E-state index >= 15 is 0 Å². The monoisotopic (exact) mass is 186 g/mol. The maximum Gasteiger partial charge on any atom is 0.316 e. The van der Waals surface area contributed by atoms with Crippen LogP contribution in [0, 0.1) is 5.92 Å². The molecule has 0 spiro atoms. The number of ketones is 1. The summed E-state index contributed by atoms with van der Waals surface area (Å²) in [5, 5.41) is 0. The Hall–Kier alpha value is -0.900. The second-order valence-corrected chi connectivity index (χ2v) is 3.22. The Kier molecular flexibility index (Phi) is 3.42. The zero-order chi connectivity index (χ0) is 9.84. The molecule has 13 heavy (non-hydrogen) atoms. The molecule has 0 aromatic rings. The molecule has 2 atom stereocenters. The van der Waals surface area contributed by atoms with Crippen molar-refractivity contribution in [2.24, 2.45) is 5.92 Å². The maximum absolute atomic E-state index is 11.1. The fourth-order valence-corrected chi connectivity index (χ4v) is 1.22. The Morgan fingerprint density at radius 3 is 2.62 bits per heavy atom. The minimum atomic E-state index is -0.603. The highest BCUT2D eigenvalue weighted by Crippen LogP contribution is 2.20. The van der Waals surface area contributed by atoms with Crippen LogP contribution in [-0.2, 0) is 19.1 Å². The molecule has 0 bridgehead atoms. The molecule has 0 aliphatic carbocycles. The molecule has 1 heterocycles. The summed E-state index contributed by atoms with van der Waals surface area (Å²) >= 11 is 0. The molecule has 74 valence electrons. The van der Waals surface area contributed by atoms with Crippen molar-refractivity contribution in [3.05, 3.63) is 0 Å². The number of Topliss-reactive ketones (excluding diaryl/α,β-unsaturated/α-hetero) is 1. The van der Waals surface area contributed by atoms with Gasteiger partial charge in [-0.05, 0) is 19.8 Å². The van der Waals surface area contributed by atoms with Gasteiger partial charge in [0.05, 0.1) is 19.8 Å². The molecule has 4 nitrogen and oxygen atoms in total. The summed E-state index contributed by atoms with van der Waals surface area (Å²) in [4.78, 5) is 22.1. The van der Waals surface area contributed by atoms with Crippen molar-refractivity contribution in [3.8, 4) is 0 Å². The van der Waals surface area contributed by atoms with Crippen LogP contribution in [0.4, 0.5) is 0 Å². The van der Waals surface area contributed by atoms with E-state index in [1.807, 2.05) is 0 Å². The molecule has 0 N–H and O–H groups in total. The maximum atomic E-state index is 11.1. The number of esters is 1. The van der Waals surface area contributed by atoms with E-state index in [0.29, 0.717) is 6.42 Å². The van der Waals surface area contributed by atoms with Gasteiger partial charge < -0.3 is 9.47 Å². The molecule has 1 fully saturated rings. The van der Waals surface area contributed by atoms with Gasteiger partial charge in [0.2, 0.25) is 0 Å². The smallest absolute Gasteiger partial charge is 0.316 e. The first-order valence-corrected chi connectivity index (χ1v) is 4.35. The van der Waals surface area contributed by atoms with Crippen molar-refractivity contribution < 1.29 is 19.1 Å². The van der Waals surface area contributed by atoms with Gasteiger partial charge in [0.1, 0.15) is 11.7 Å². The Balaban J connectivity index is 2.36. The summed E-state index contributed by atoms with van der Waals surface area (Å²) in [6.45, 7) is 2.17. The van der Waals surface area contributed by atoms with Crippen molar-refractivity contribution in [1.82, 2.24) is 0 Å². The Bertz CT molecular complexity index is 208. The largest absolute Gasteiger partial charge is 0.468 e. The summed E-state index contributed by atoms with van der Waals surface area (Å²) in [6.07, 6.45) is 1.55. The van der Waals surface area contributed by atoms with E-state index in [1.165, 1.54) is 14.0 Å². The third kappa shape index (κ3) is 3.14. The van der Waals surface area contributed by atoms with E-state index in [4.69, 9.17) is 4.74 Å². The van der Waals surface area contributed by atoms with Crippen molar-refractivity contribution >= 4 is 11.8 Å². The number of hydrogen-bond donors (Lipinski definition) is 0. The van der Waals surface area contributed by atoms with E-state index in [0.717, 1.165) is 13.0 Å². The van der Waals surface area contributed by atoms with Crippen LogP contribution in [0.1, 0.15) is 19.8 Å². The van der Waals surface area contributed by atoms with Crippen LogP contribution in [0.25, 0.3) is 0 Å². The fourth-order valence-electron chi connectivity index (χ4n) is 1.22. The molecule has 0 saturated carbocycles. The zero-order valence-corrected chi connectivity index (χ0v) is 7.91. The topological polar surface area (TPSA) is 55.9 Å². The van der Waals surface area contributed by atoms with Gasteiger partial charge in [0.25, 0.3) is 0 Å². The molecule has 0 aromatic heterocycles. The highest BCUT2D eigenvalue weighted by molar-refractivity contribution is 5.97. The summed E-state index contributed by atoms with van der Waals surface area (Å²) in [5.74, 6) is -1.17. The predicted molar refractivity (Wildman–Crippen MR) is 45.2 cm³/mol. The molecule has 1 aliphatic heterocycles. The number of methoxy groups -OCH3 is 1. The van der Waals surface area contributed by atoms with E-state index < -0.39 is 11.9 Å². The van der Waals surface area contributed by atoms with Gasteiger partial charge in [-0.3, -0.25) is 9.59 Å². The zero-order valence-electron chi connectivity index (χ0n) is 7.91. The van der Waals surface area contributed by atoms with Crippen LogP contribution >= 0.6 is 0 Å². The molecule has 1 saturated heterocycles.